The number of nitrogens with zero attached hydrogens (tertiary/aromatic N) is 6. The maximum Gasteiger partial charge on any atom is 0.334 e. The molecule has 0 amide bonds. The Kier molecular flexibility index (Phi) is 12.6. The second-order valence-electron chi connectivity index (χ2n) is 15.3. The van der Waals surface area contributed by atoms with Crippen LogP contribution in [0.15, 0.2) is 143 Å². The van der Waals surface area contributed by atoms with Crippen molar-refractivity contribution in [1.29, 1.82) is 21.0 Å². The first-order chi connectivity index (χ1) is 33.7. The topological polar surface area (TPSA) is 225 Å². The van der Waals surface area contributed by atoms with E-state index in [-0.39, 0.29) is 53.0 Å². The Labute approximate surface area is 405 Å². The molecule has 17 heteroatoms. The standard InChI is InChI=1S/C52H30N6O8S3/c53-23-35(24-54)57-39-21-37-41(51(39,47(59)63-27-31-13-5-1-6-14-31)48(60)64-28-32-15-7-2-8-16-32)42-45(67-37)46-43(44-38(68-46)22-40(69-44)58-36(25-55)26-56)52(42,49(61)65-29-33-17-9-3-10-18-33)50(62)66-30-34-19-11-4-12-20-34/h1-22H,27-30H2. The van der Waals surface area contributed by atoms with Crippen molar-refractivity contribution in [2.75, 3.05) is 0 Å². The zero-order chi connectivity index (χ0) is 48.1. The summed E-state index contributed by atoms with van der Waals surface area (Å²) in [6, 6.07) is 43.2. The maximum absolute atomic E-state index is 15.8. The van der Waals surface area contributed by atoms with Crippen LogP contribution in [0, 0.1) is 45.3 Å². The van der Waals surface area contributed by atoms with Crippen LogP contribution in [0.1, 0.15) is 43.8 Å². The molecule has 3 heterocycles. The lowest BCUT2D eigenvalue weighted by atomic mass is 9.70. The Balaban J connectivity index is 1.34. The van der Waals surface area contributed by atoms with Crippen molar-refractivity contribution >= 4 is 89.8 Å². The molecule has 3 aromatic heterocycles. The smallest absolute Gasteiger partial charge is 0.334 e. The lowest BCUT2D eigenvalue weighted by Crippen LogP contribution is -2.51. The summed E-state index contributed by atoms with van der Waals surface area (Å²) in [6.07, 6.45) is 1.35. The van der Waals surface area contributed by atoms with E-state index in [9.17, 15) is 21.0 Å². The molecule has 0 spiro atoms. The molecule has 14 nitrogen and oxygen atoms in total. The van der Waals surface area contributed by atoms with E-state index >= 15 is 19.2 Å². The SMILES string of the molecule is N#CC(C#N)=NC1=Cc2sc3c(c2C1(C(=O)OCc1ccccc1)C(=O)OCc1ccccc1)C(C(=O)OCc1ccccc1)(C(=O)OCc1ccccc1)c1c-3sc2cc(N=C(C#N)C#N)sc12. The van der Waals surface area contributed by atoms with Crippen molar-refractivity contribution in [3.63, 3.8) is 0 Å². The van der Waals surface area contributed by atoms with Gasteiger partial charge in [0.2, 0.25) is 22.3 Å². The lowest BCUT2D eigenvalue weighted by molar-refractivity contribution is -0.167. The van der Waals surface area contributed by atoms with Gasteiger partial charge in [0.05, 0.1) is 20.2 Å². The highest BCUT2D eigenvalue weighted by atomic mass is 32.1. The van der Waals surface area contributed by atoms with Crippen molar-refractivity contribution in [2.24, 2.45) is 9.98 Å². The number of nitriles is 4. The summed E-state index contributed by atoms with van der Waals surface area (Å²) >= 11 is 3.20. The summed E-state index contributed by atoms with van der Waals surface area (Å²) < 4.78 is 25.3. The number of aliphatic imine (C=N–C) groups is 2. The third-order valence-electron chi connectivity index (χ3n) is 11.2. The molecule has 9 rings (SSSR count). The number of carbonyl (C=O) groups excluding carboxylic acids is 4. The number of fused-ring (bicyclic) bond motifs is 7. The van der Waals surface area contributed by atoms with Gasteiger partial charge in [0, 0.05) is 26.3 Å². The molecule has 0 unspecified atom stereocenters. The van der Waals surface area contributed by atoms with Gasteiger partial charge in [-0.15, -0.1) is 34.0 Å². The minimum atomic E-state index is -2.79. The third kappa shape index (κ3) is 8.03. The molecule has 0 atom stereocenters. The molecule has 0 fully saturated rings. The van der Waals surface area contributed by atoms with Crippen LogP contribution in [0.2, 0.25) is 0 Å². The van der Waals surface area contributed by atoms with Crippen LogP contribution in [-0.2, 0) is 75.4 Å². The molecule has 0 saturated heterocycles. The van der Waals surface area contributed by atoms with E-state index in [0.29, 0.717) is 41.4 Å². The Morgan fingerprint density at radius 2 is 0.870 bits per heavy atom. The van der Waals surface area contributed by atoms with E-state index in [1.165, 1.54) is 17.4 Å². The Bertz CT molecular complexity index is 3330. The van der Waals surface area contributed by atoms with Crippen LogP contribution in [0.5, 0.6) is 0 Å². The van der Waals surface area contributed by atoms with Gasteiger partial charge in [-0.25, -0.2) is 9.98 Å². The number of ether oxygens (including phenoxy) is 4. The number of rotatable bonds is 14. The predicted molar refractivity (Wildman–Crippen MR) is 255 cm³/mol. The van der Waals surface area contributed by atoms with Crippen molar-refractivity contribution in [1.82, 2.24) is 0 Å². The quantitative estimate of drug-likeness (QED) is 0.0430. The van der Waals surface area contributed by atoms with E-state index in [4.69, 9.17) is 18.9 Å². The fourth-order valence-corrected chi connectivity index (χ4v) is 12.3. The van der Waals surface area contributed by atoms with Gasteiger partial charge in [0.1, 0.15) is 55.7 Å². The van der Waals surface area contributed by atoms with Gasteiger partial charge in [0.25, 0.3) is 0 Å². The number of benzene rings is 4. The molecular formula is C52H30N6O8S3. The monoisotopic (exact) mass is 962 g/mol. The summed E-state index contributed by atoms with van der Waals surface area (Å²) in [7, 11) is 0. The van der Waals surface area contributed by atoms with Crippen LogP contribution in [0.4, 0.5) is 5.00 Å². The predicted octanol–water partition coefficient (Wildman–Crippen LogP) is 9.46. The highest BCUT2D eigenvalue weighted by Gasteiger charge is 2.69. The molecule has 0 radical (unpaired) electrons. The van der Waals surface area contributed by atoms with E-state index in [1.807, 2.05) is 0 Å². The normalized spacial score (nSPS) is 13.1. The van der Waals surface area contributed by atoms with Gasteiger partial charge in [-0.1, -0.05) is 121 Å². The summed E-state index contributed by atoms with van der Waals surface area (Å²) in [5, 5.41) is 39.5. The second kappa shape index (κ2) is 19.2. The van der Waals surface area contributed by atoms with Gasteiger partial charge >= 0.3 is 23.9 Å². The lowest BCUT2D eigenvalue weighted by Gasteiger charge is -2.32. The van der Waals surface area contributed by atoms with Crippen molar-refractivity contribution < 1.29 is 38.1 Å². The van der Waals surface area contributed by atoms with E-state index < -0.39 is 51.8 Å². The summed E-state index contributed by atoms with van der Waals surface area (Å²) in [6.45, 7) is -1.37. The molecule has 4 aromatic carbocycles. The van der Waals surface area contributed by atoms with Gasteiger partial charge in [0.15, 0.2) is 0 Å². The first-order valence-corrected chi connectivity index (χ1v) is 23.2. The Hall–Kier alpha value is -8.84. The number of carbonyl (C=O) groups is 4. The highest BCUT2D eigenvalue weighted by Crippen LogP contribution is 2.66. The van der Waals surface area contributed by atoms with Gasteiger partial charge in [-0.3, -0.25) is 19.2 Å². The zero-order valence-corrected chi connectivity index (χ0v) is 38.2. The maximum atomic E-state index is 15.8. The van der Waals surface area contributed by atoms with Crippen LogP contribution in [0.25, 0.3) is 25.2 Å². The number of esters is 4. The third-order valence-corrected chi connectivity index (χ3v) is 14.8. The largest absolute Gasteiger partial charge is 0.459 e. The molecule has 334 valence electrons. The molecule has 2 aliphatic rings. The average Bonchev–Trinajstić information content (AvgIpc) is 4.18. The fraction of sp³-hybridized carbons (Fsp3) is 0.115. The van der Waals surface area contributed by atoms with Crippen LogP contribution in [0.3, 0.4) is 0 Å². The summed E-state index contributed by atoms with van der Waals surface area (Å²) in [5.74, 6) is -4.75. The molecule has 0 bridgehead atoms. The van der Waals surface area contributed by atoms with Crippen LogP contribution >= 0.6 is 34.0 Å². The fourth-order valence-electron chi connectivity index (χ4n) is 8.17. The van der Waals surface area contributed by atoms with Gasteiger partial charge in [-0.2, -0.15) is 21.0 Å². The van der Waals surface area contributed by atoms with Crippen LogP contribution < -0.4 is 0 Å². The molecule has 0 aliphatic heterocycles. The number of thiophene rings is 3. The number of hydrogen-bond donors (Lipinski definition) is 0. The summed E-state index contributed by atoms with van der Waals surface area (Å²) in [5.41, 5.74) is -5.07. The highest BCUT2D eigenvalue weighted by molar-refractivity contribution is 7.33. The molecule has 7 aromatic rings. The van der Waals surface area contributed by atoms with E-state index in [1.54, 1.807) is 152 Å². The molecule has 2 aliphatic carbocycles. The van der Waals surface area contributed by atoms with Crippen molar-refractivity contribution in [2.45, 2.75) is 37.3 Å². The van der Waals surface area contributed by atoms with E-state index in [2.05, 4.69) is 9.98 Å². The minimum absolute atomic E-state index is 0.0977. The summed E-state index contributed by atoms with van der Waals surface area (Å²) in [4.78, 5) is 71.9. The average molecular weight is 963 g/mol. The second-order valence-corrected chi connectivity index (χ2v) is 18.4. The molecule has 69 heavy (non-hydrogen) atoms. The first-order valence-electron chi connectivity index (χ1n) is 20.8. The first kappa shape index (κ1) is 45.3. The minimum Gasteiger partial charge on any atom is -0.459 e. The van der Waals surface area contributed by atoms with Crippen molar-refractivity contribution in [3.05, 3.63) is 177 Å². The Morgan fingerprint density at radius 3 is 1.29 bits per heavy atom. The number of hydrogen-bond acceptors (Lipinski definition) is 17. The molecular weight excluding hydrogens is 933 g/mol. The van der Waals surface area contributed by atoms with Crippen LogP contribution in [-0.4, -0.2) is 35.3 Å². The zero-order valence-electron chi connectivity index (χ0n) is 35.7. The van der Waals surface area contributed by atoms with Crippen molar-refractivity contribution in [3.8, 4) is 34.0 Å². The molecule has 0 N–H and O–H groups in total. The van der Waals surface area contributed by atoms with E-state index in [0.717, 1.165) is 22.7 Å². The molecule has 0 saturated carbocycles. The Morgan fingerprint density at radius 1 is 0.478 bits per heavy atom. The van der Waals surface area contributed by atoms with Gasteiger partial charge in [-0.05, 0) is 34.4 Å². The van der Waals surface area contributed by atoms with Gasteiger partial charge < -0.3 is 18.9 Å².